The average molecular weight is 567 g/mol. The maximum absolute atomic E-state index is 13.6. The maximum atomic E-state index is 13.6. The van der Waals surface area contributed by atoms with E-state index in [1.165, 1.54) is 12.1 Å². The Morgan fingerprint density at radius 2 is 1.61 bits per heavy atom. The Labute approximate surface area is 211 Å². The fourth-order valence-electron chi connectivity index (χ4n) is 5.27. The van der Waals surface area contributed by atoms with E-state index < -0.39 is 48.8 Å². The van der Waals surface area contributed by atoms with Crippen LogP contribution in [0.1, 0.15) is 36.0 Å². The van der Waals surface area contributed by atoms with E-state index >= 15 is 0 Å². The van der Waals surface area contributed by atoms with Crippen LogP contribution in [0.5, 0.6) is 0 Å². The van der Waals surface area contributed by atoms with Gasteiger partial charge in [0.1, 0.15) is 0 Å². The third-order valence-corrected chi connectivity index (χ3v) is 10.0. The molecule has 3 N–H and O–H groups in total. The average Bonchev–Trinajstić information content (AvgIpc) is 3.07. The van der Waals surface area contributed by atoms with Crippen molar-refractivity contribution >= 4 is 43.3 Å². The summed E-state index contributed by atoms with van der Waals surface area (Å²) in [6.45, 7) is -0.125. The summed E-state index contributed by atoms with van der Waals surface area (Å²) in [7, 11) is -8.11. The van der Waals surface area contributed by atoms with Crippen molar-refractivity contribution in [3.63, 3.8) is 0 Å². The van der Waals surface area contributed by atoms with Gasteiger partial charge in [0.15, 0.2) is 27.3 Å². The molecular formula is C22H22ClF3N2O6S2. The van der Waals surface area contributed by atoms with E-state index in [9.17, 15) is 34.8 Å². The lowest BCUT2D eigenvalue weighted by atomic mass is 9.81. The van der Waals surface area contributed by atoms with E-state index in [1.807, 2.05) is 0 Å². The molecule has 14 heteroatoms. The van der Waals surface area contributed by atoms with Crippen molar-refractivity contribution in [1.82, 2.24) is 0 Å². The molecule has 0 aromatic heterocycles. The predicted molar refractivity (Wildman–Crippen MR) is 125 cm³/mol. The smallest absolute Gasteiger partial charge is 0.322 e. The molecule has 2 aliphatic rings. The molecule has 2 bridgehead atoms. The first kappa shape index (κ1) is 26.9. The quantitative estimate of drug-likeness (QED) is 0.490. The van der Waals surface area contributed by atoms with E-state index in [1.54, 1.807) is 0 Å². The molecule has 36 heavy (non-hydrogen) atoms. The Hall–Kier alpha value is -2.19. The summed E-state index contributed by atoms with van der Waals surface area (Å²) in [5, 5.41) is 6.23. The summed E-state index contributed by atoms with van der Waals surface area (Å²) in [5.41, 5.74) is -0.487. The van der Waals surface area contributed by atoms with Crippen molar-refractivity contribution in [3.05, 3.63) is 58.4 Å². The Bertz CT molecular complexity index is 1380. The van der Waals surface area contributed by atoms with Gasteiger partial charge in [0, 0.05) is 23.4 Å². The van der Waals surface area contributed by atoms with Gasteiger partial charge in [-0.15, -0.1) is 0 Å². The zero-order valence-corrected chi connectivity index (χ0v) is 21.0. The molecule has 4 rings (SSSR count). The lowest BCUT2D eigenvalue weighted by molar-refractivity contribution is 0.102. The number of amides is 1. The van der Waals surface area contributed by atoms with Gasteiger partial charge in [0.2, 0.25) is 0 Å². The number of nitrogens with two attached hydrogens (primary N) is 1. The van der Waals surface area contributed by atoms with Crippen LogP contribution < -0.4 is 10.5 Å². The van der Waals surface area contributed by atoms with Crippen LogP contribution in [-0.2, 0) is 24.3 Å². The zero-order chi connectivity index (χ0) is 26.4. The van der Waals surface area contributed by atoms with Gasteiger partial charge < -0.3 is 5.32 Å². The van der Waals surface area contributed by atoms with Gasteiger partial charge in [-0.2, -0.15) is 8.42 Å². The Morgan fingerprint density at radius 3 is 2.17 bits per heavy atom. The first-order chi connectivity index (χ1) is 16.8. The van der Waals surface area contributed by atoms with Crippen molar-refractivity contribution in [3.8, 4) is 0 Å². The van der Waals surface area contributed by atoms with Crippen molar-refractivity contribution < 1.29 is 39.0 Å². The molecule has 8 nitrogen and oxygen atoms in total. The molecular weight excluding hydrogens is 545 g/mol. The van der Waals surface area contributed by atoms with Crippen molar-refractivity contribution in [1.29, 1.82) is 0 Å². The Morgan fingerprint density at radius 1 is 1.03 bits per heavy atom. The number of sulfone groups is 1. The highest BCUT2D eigenvalue weighted by Crippen LogP contribution is 2.50. The second-order valence-corrected chi connectivity index (χ2v) is 12.8. The van der Waals surface area contributed by atoms with Crippen LogP contribution >= 0.6 is 11.6 Å². The molecule has 0 saturated heterocycles. The van der Waals surface area contributed by atoms with Crippen LogP contribution in [0.4, 0.5) is 18.9 Å². The lowest BCUT2D eigenvalue weighted by Crippen LogP contribution is -2.39. The van der Waals surface area contributed by atoms with E-state index in [4.69, 9.17) is 20.9 Å². The second kappa shape index (κ2) is 9.93. The predicted octanol–water partition coefficient (Wildman–Crippen LogP) is 3.81. The fraction of sp³-hybridized carbons (Fsp3) is 0.409. The van der Waals surface area contributed by atoms with Crippen LogP contribution in [0.2, 0.25) is 5.02 Å². The van der Waals surface area contributed by atoms with Gasteiger partial charge in [-0.25, -0.2) is 26.7 Å². The van der Waals surface area contributed by atoms with Crippen LogP contribution in [0, 0.1) is 35.2 Å². The van der Waals surface area contributed by atoms with Gasteiger partial charge in [-0.3, -0.25) is 8.98 Å². The SMILES string of the molecule is NS(=O)(=O)OC[C@@H]1CC2CC[C@@H](C1)[C@H]2S(=O)(=O)c1cc(C(=O)Nc2cc(F)c(F)c(F)c2)ccc1Cl. The highest BCUT2D eigenvalue weighted by atomic mass is 35.5. The largest absolute Gasteiger partial charge is 0.333 e. The van der Waals surface area contributed by atoms with Gasteiger partial charge in [-0.05, 0) is 61.6 Å². The third-order valence-electron chi connectivity index (χ3n) is 6.68. The molecule has 4 atom stereocenters. The van der Waals surface area contributed by atoms with E-state index in [2.05, 4.69) is 5.32 Å². The summed E-state index contributed by atoms with van der Waals surface area (Å²) in [4.78, 5) is 12.4. The number of fused-ring (bicyclic) bond motifs is 2. The molecule has 196 valence electrons. The lowest BCUT2D eigenvalue weighted by Gasteiger charge is -2.34. The Kier molecular flexibility index (Phi) is 7.41. The minimum absolute atomic E-state index is 0.0931. The van der Waals surface area contributed by atoms with Gasteiger partial charge >= 0.3 is 10.3 Å². The van der Waals surface area contributed by atoms with E-state index in [0.717, 1.165) is 6.07 Å². The van der Waals surface area contributed by atoms with Crippen molar-refractivity contribution in [2.75, 3.05) is 11.9 Å². The van der Waals surface area contributed by atoms with Gasteiger partial charge in [0.05, 0.1) is 21.8 Å². The monoisotopic (exact) mass is 566 g/mol. The Balaban J connectivity index is 1.56. The molecule has 0 heterocycles. The van der Waals surface area contributed by atoms with Crippen LogP contribution in [0.3, 0.4) is 0 Å². The van der Waals surface area contributed by atoms with E-state index in [0.29, 0.717) is 37.8 Å². The van der Waals surface area contributed by atoms with E-state index in [-0.39, 0.29) is 45.5 Å². The highest BCUT2D eigenvalue weighted by molar-refractivity contribution is 7.92. The number of carbonyl (C=O) groups excluding carboxylic acids is 1. The highest BCUT2D eigenvalue weighted by Gasteiger charge is 2.50. The number of hydrogen-bond donors (Lipinski definition) is 2. The molecule has 2 saturated carbocycles. The summed E-state index contributed by atoms with van der Waals surface area (Å²) in [5.74, 6) is -6.25. The molecule has 0 aliphatic heterocycles. The molecule has 2 fully saturated rings. The number of rotatable bonds is 7. The maximum Gasteiger partial charge on any atom is 0.333 e. The zero-order valence-electron chi connectivity index (χ0n) is 18.6. The normalized spacial score (nSPS) is 24.0. The summed E-state index contributed by atoms with van der Waals surface area (Å²) < 4.78 is 94.3. The fourth-order valence-corrected chi connectivity index (χ4v) is 8.53. The number of hydrogen-bond acceptors (Lipinski definition) is 6. The van der Waals surface area contributed by atoms with Gasteiger partial charge in [0.25, 0.3) is 5.91 Å². The number of benzene rings is 2. The number of nitrogens with one attached hydrogen (secondary N) is 1. The molecule has 2 aromatic carbocycles. The third kappa shape index (κ3) is 5.54. The first-order valence-corrected chi connectivity index (χ1v) is 14.3. The molecule has 0 spiro atoms. The molecule has 1 unspecified atom stereocenters. The number of anilines is 1. The van der Waals surface area contributed by atoms with Gasteiger partial charge in [-0.1, -0.05) is 11.6 Å². The summed E-state index contributed by atoms with van der Waals surface area (Å²) >= 11 is 6.22. The molecule has 2 aromatic rings. The molecule has 2 aliphatic carbocycles. The molecule has 0 radical (unpaired) electrons. The minimum Gasteiger partial charge on any atom is -0.322 e. The number of carbonyl (C=O) groups is 1. The summed E-state index contributed by atoms with van der Waals surface area (Å²) in [6, 6.07) is 4.78. The van der Waals surface area contributed by atoms with Crippen molar-refractivity contribution in [2.24, 2.45) is 22.9 Å². The van der Waals surface area contributed by atoms with Crippen molar-refractivity contribution in [2.45, 2.75) is 35.8 Å². The van der Waals surface area contributed by atoms with Crippen LogP contribution in [0.15, 0.2) is 35.2 Å². The molecule has 1 amide bonds. The topological polar surface area (TPSA) is 133 Å². The van der Waals surface area contributed by atoms with Crippen LogP contribution in [-0.4, -0.2) is 34.6 Å². The second-order valence-electron chi connectivity index (χ2n) is 9.08. The first-order valence-electron chi connectivity index (χ1n) is 10.9. The number of halogens is 4. The standard InChI is InChI=1S/C22H22ClF3N2O6S2/c23-16-4-3-14(22(29)28-15-8-17(24)20(26)18(25)9-15)7-19(16)35(30,31)21-12-1-2-13(21)6-11(5-12)10-34-36(27,32)33/h3-4,7-9,11-13,21H,1-2,5-6,10H2,(H,28,29)(H2,27,32,33)/t11-,12-,13?,21+/m0/s1. The summed E-state index contributed by atoms with van der Waals surface area (Å²) in [6.07, 6.45) is 2.10. The van der Waals surface area contributed by atoms with Crippen LogP contribution in [0.25, 0.3) is 0 Å². The minimum atomic E-state index is -4.10.